The minimum Gasteiger partial charge on any atom is -0.381 e. The fraction of sp³-hybridized carbons (Fsp3) is 0.0500. The Kier molecular flexibility index (Phi) is 4.32. The van der Waals surface area contributed by atoms with Crippen LogP contribution >= 0.6 is 27.3 Å². The van der Waals surface area contributed by atoms with Crippen LogP contribution in [0.1, 0.15) is 5.56 Å². The highest BCUT2D eigenvalue weighted by molar-refractivity contribution is 9.10. The number of fused-ring (bicyclic) bond motifs is 1. The van der Waals surface area contributed by atoms with Crippen LogP contribution in [-0.4, -0.2) is 4.98 Å². The van der Waals surface area contributed by atoms with Crippen LogP contribution in [0.5, 0.6) is 0 Å². The van der Waals surface area contributed by atoms with E-state index in [1.165, 1.54) is 10.3 Å². The van der Waals surface area contributed by atoms with Gasteiger partial charge in [0.1, 0.15) is 5.01 Å². The smallest absolute Gasteiger partial charge is 0.124 e. The van der Waals surface area contributed by atoms with Gasteiger partial charge in [0.05, 0.1) is 10.2 Å². The van der Waals surface area contributed by atoms with Crippen LogP contribution in [0.25, 0.3) is 20.8 Å². The number of nitrogens with zero attached hydrogens (tertiary/aromatic N) is 1. The van der Waals surface area contributed by atoms with Crippen molar-refractivity contribution in [2.75, 3.05) is 5.32 Å². The van der Waals surface area contributed by atoms with Crippen LogP contribution in [0.15, 0.2) is 77.3 Å². The highest BCUT2D eigenvalue weighted by Crippen LogP contribution is 2.31. The van der Waals surface area contributed by atoms with E-state index in [4.69, 9.17) is 4.98 Å². The quantitative estimate of drug-likeness (QED) is 0.436. The normalized spacial score (nSPS) is 10.9. The van der Waals surface area contributed by atoms with Crippen LogP contribution in [0, 0.1) is 0 Å². The van der Waals surface area contributed by atoms with Crippen LogP contribution < -0.4 is 5.32 Å². The van der Waals surface area contributed by atoms with E-state index in [-0.39, 0.29) is 0 Å². The minimum atomic E-state index is 0.802. The third-order valence-electron chi connectivity index (χ3n) is 3.81. The number of anilines is 1. The van der Waals surface area contributed by atoms with E-state index in [1.807, 2.05) is 6.07 Å². The van der Waals surface area contributed by atoms with Gasteiger partial charge in [-0.3, -0.25) is 0 Å². The van der Waals surface area contributed by atoms with E-state index in [0.29, 0.717) is 0 Å². The second-order valence-corrected chi connectivity index (χ2v) is 7.49. The number of hydrogen-bond acceptors (Lipinski definition) is 3. The van der Waals surface area contributed by atoms with Crippen molar-refractivity contribution < 1.29 is 0 Å². The van der Waals surface area contributed by atoms with Gasteiger partial charge in [-0.2, -0.15) is 0 Å². The highest BCUT2D eigenvalue weighted by atomic mass is 79.9. The Morgan fingerprint density at radius 3 is 2.58 bits per heavy atom. The lowest BCUT2D eigenvalue weighted by molar-refractivity contribution is 1.15. The van der Waals surface area contributed by atoms with Gasteiger partial charge in [-0.1, -0.05) is 52.3 Å². The number of para-hydroxylation sites is 1. The lowest BCUT2D eigenvalue weighted by Gasteiger charge is -2.08. The van der Waals surface area contributed by atoms with Crippen LogP contribution in [0.2, 0.25) is 0 Å². The molecule has 1 heterocycles. The van der Waals surface area contributed by atoms with Crippen LogP contribution in [-0.2, 0) is 6.54 Å². The average molecular weight is 395 g/mol. The van der Waals surface area contributed by atoms with Crippen molar-refractivity contribution in [3.05, 3.63) is 82.8 Å². The lowest BCUT2D eigenvalue weighted by atomic mass is 10.2. The second kappa shape index (κ2) is 6.75. The van der Waals surface area contributed by atoms with Gasteiger partial charge in [-0.25, -0.2) is 4.98 Å². The van der Waals surface area contributed by atoms with Gasteiger partial charge in [0.25, 0.3) is 0 Å². The van der Waals surface area contributed by atoms with Gasteiger partial charge >= 0.3 is 0 Å². The molecule has 0 amide bonds. The molecule has 0 saturated carbocycles. The molecular weight excluding hydrogens is 380 g/mol. The Labute approximate surface area is 153 Å². The predicted molar refractivity (Wildman–Crippen MR) is 107 cm³/mol. The molecular formula is C20H15BrN2S. The Hall–Kier alpha value is -2.17. The number of nitrogens with one attached hydrogen (secondary N) is 1. The molecule has 4 aromatic rings. The third kappa shape index (κ3) is 3.35. The summed E-state index contributed by atoms with van der Waals surface area (Å²) in [5.74, 6) is 0. The highest BCUT2D eigenvalue weighted by Gasteiger charge is 2.06. The molecule has 0 atom stereocenters. The maximum absolute atomic E-state index is 4.74. The summed E-state index contributed by atoms with van der Waals surface area (Å²) >= 11 is 5.20. The maximum atomic E-state index is 4.74. The molecule has 0 spiro atoms. The van der Waals surface area contributed by atoms with Crippen LogP contribution in [0.3, 0.4) is 0 Å². The number of halogens is 1. The first kappa shape index (κ1) is 15.4. The van der Waals surface area contributed by atoms with Gasteiger partial charge in [0.15, 0.2) is 0 Å². The first-order valence-corrected chi connectivity index (χ1v) is 9.33. The molecule has 0 aliphatic carbocycles. The summed E-state index contributed by atoms with van der Waals surface area (Å²) < 4.78 is 2.32. The molecule has 0 radical (unpaired) electrons. The van der Waals surface area contributed by atoms with Gasteiger partial charge in [0.2, 0.25) is 0 Å². The summed E-state index contributed by atoms with van der Waals surface area (Å²) in [7, 11) is 0. The Morgan fingerprint density at radius 1 is 0.917 bits per heavy atom. The third-order valence-corrected chi connectivity index (χ3v) is 5.43. The number of aromatic nitrogens is 1. The van der Waals surface area contributed by atoms with Gasteiger partial charge in [-0.05, 0) is 42.0 Å². The molecule has 0 saturated heterocycles. The molecule has 1 aromatic heterocycles. The largest absolute Gasteiger partial charge is 0.381 e. The molecule has 3 aromatic carbocycles. The van der Waals surface area contributed by atoms with Crippen molar-refractivity contribution in [1.82, 2.24) is 4.98 Å². The molecule has 2 nitrogen and oxygen atoms in total. The van der Waals surface area contributed by atoms with Gasteiger partial charge in [0, 0.05) is 22.3 Å². The minimum absolute atomic E-state index is 0.802. The van der Waals surface area contributed by atoms with Crippen molar-refractivity contribution in [2.45, 2.75) is 6.54 Å². The van der Waals surface area contributed by atoms with E-state index in [1.54, 1.807) is 11.3 Å². The Bertz CT molecular complexity index is 943. The molecule has 0 fully saturated rings. The zero-order valence-corrected chi connectivity index (χ0v) is 15.3. The van der Waals surface area contributed by atoms with Crippen molar-refractivity contribution in [3.8, 4) is 10.6 Å². The molecule has 0 aliphatic rings. The van der Waals surface area contributed by atoms with Crippen molar-refractivity contribution >= 4 is 43.2 Å². The summed E-state index contributed by atoms with van der Waals surface area (Å²) in [4.78, 5) is 4.74. The molecule has 0 bridgehead atoms. The Morgan fingerprint density at radius 2 is 1.75 bits per heavy atom. The monoisotopic (exact) mass is 394 g/mol. The fourth-order valence-electron chi connectivity index (χ4n) is 2.56. The Balaban J connectivity index is 1.55. The van der Waals surface area contributed by atoms with E-state index < -0.39 is 0 Å². The number of benzene rings is 3. The van der Waals surface area contributed by atoms with Crippen molar-refractivity contribution in [3.63, 3.8) is 0 Å². The molecule has 24 heavy (non-hydrogen) atoms. The molecule has 1 N–H and O–H groups in total. The van der Waals surface area contributed by atoms with E-state index in [9.17, 15) is 0 Å². The average Bonchev–Trinajstić information content (AvgIpc) is 3.06. The summed E-state index contributed by atoms with van der Waals surface area (Å²) in [6.45, 7) is 0.802. The SMILES string of the molecule is Brc1ccc(CNc2cccc(-c3nc4ccccc4s3)c2)cc1. The molecule has 4 rings (SSSR count). The lowest BCUT2D eigenvalue weighted by Crippen LogP contribution is -1.99. The first-order valence-electron chi connectivity index (χ1n) is 7.72. The summed E-state index contributed by atoms with van der Waals surface area (Å²) in [5, 5.41) is 4.54. The summed E-state index contributed by atoms with van der Waals surface area (Å²) in [6, 6.07) is 25.1. The van der Waals surface area contributed by atoms with Gasteiger partial charge < -0.3 is 5.32 Å². The zero-order chi connectivity index (χ0) is 16.4. The summed E-state index contributed by atoms with van der Waals surface area (Å²) in [6.07, 6.45) is 0. The topological polar surface area (TPSA) is 24.9 Å². The van der Waals surface area contributed by atoms with E-state index >= 15 is 0 Å². The first-order chi connectivity index (χ1) is 11.8. The number of rotatable bonds is 4. The number of thiazole rings is 1. The standard InChI is InChI=1S/C20H15BrN2S/c21-16-10-8-14(9-11-16)13-22-17-5-3-4-15(12-17)20-23-18-6-1-2-7-19(18)24-20/h1-12,22H,13H2. The van der Waals surface area contributed by atoms with Gasteiger partial charge in [-0.15, -0.1) is 11.3 Å². The molecule has 118 valence electrons. The van der Waals surface area contributed by atoms with Crippen LogP contribution in [0.4, 0.5) is 5.69 Å². The molecule has 0 unspecified atom stereocenters. The van der Waals surface area contributed by atoms with E-state index in [0.717, 1.165) is 32.8 Å². The van der Waals surface area contributed by atoms with Crippen molar-refractivity contribution in [1.29, 1.82) is 0 Å². The second-order valence-electron chi connectivity index (χ2n) is 5.55. The van der Waals surface area contributed by atoms with Crippen molar-refractivity contribution in [2.24, 2.45) is 0 Å². The summed E-state index contributed by atoms with van der Waals surface area (Å²) in [5.41, 5.74) is 4.57. The maximum Gasteiger partial charge on any atom is 0.124 e. The van der Waals surface area contributed by atoms with E-state index in [2.05, 4.69) is 88.0 Å². The molecule has 4 heteroatoms. The number of hydrogen-bond donors (Lipinski definition) is 1. The zero-order valence-electron chi connectivity index (χ0n) is 12.9. The fourth-order valence-corrected chi connectivity index (χ4v) is 3.79. The predicted octanol–water partition coefficient (Wildman–Crippen LogP) is 6.34. The molecule has 0 aliphatic heterocycles.